The van der Waals surface area contributed by atoms with E-state index >= 15 is 0 Å². The maximum absolute atomic E-state index is 12.4. The first kappa shape index (κ1) is 14.9. The Kier molecular flexibility index (Phi) is 3.63. The summed E-state index contributed by atoms with van der Waals surface area (Å²) in [6, 6.07) is 6.06. The summed E-state index contributed by atoms with van der Waals surface area (Å²) in [7, 11) is 0. The van der Waals surface area contributed by atoms with Crippen LogP contribution in [0.15, 0.2) is 24.3 Å². The van der Waals surface area contributed by atoms with Gasteiger partial charge < -0.3 is 9.90 Å². The number of amides is 2. The zero-order chi connectivity index (χ0) is 15.8. The average molecular weight is 289 g/mol. The van der Waals surface area contributed by atoms with E-state index in [1.165, 1.54) is 12.1 Å². The molecule has 2 rings (SSSR count). The Morgan fingerprint density at radius 1 is 1.24 bits per heavy atom. The molecule has 1 aromatic rings. The van der Waals surface area contributed by atoms with E-state index in [9.17, 15) is 24.3 Å². The lowest BCUT2D eigenvalue weighted by Gasteiger charge is -2.33. The number of aldehydes is 1. The third kappa shape index (κ3) is 2.12. The Balaban J connectivity index is 2.58. The van der Waals surface area contributed by atoms with Crippen molar-refractivity contribution in [2.45, 2.75) is 25.8 Å². The van der Waals surface area contributed by atoms with Crippen molar-refractivity contribution < 1.29 is 24.3 Å². The normalized spacial score (nSPS) is 16.8. The molecule has 110 valence electrons. The largest absolute Gasteiger partial charge is 0.479 e. The Labute approximate surface area is 121 Å². The van der Waals surface area contributed by atoms with Crippen molar-refractivity contribution in [2.24, 2.45) is 5.92 Å². The number of aliphatic carboxylic acids is 1. The van der Waals surface area contributed by atoms with Crippen molar-refractivity contribution in [3.05, 3.63) is 35.4 Å². The predicted molar refractivity (Wildman–Crippen MR) is 72.8 cm³/mol. The highest BCUT2D eigenvalue weighted by molar-refractivity contribution is 6.25. The van der Waals surface area contributed by atoms with Gasteiger partial charge in [-0.15, -0.1) is 0 Å². The molecule has 0 aromatic heterocycles. The van der Waals surface area contributed by atoms with E-state index in [0.29, 0.717) is 4.90 Å². The number of nitrogens with zero attached hydrogens (tertiary/aromatic N) is 1. The van der Waals surface area contributed by atoms with Gasteiger partial charge in [0.15, 0.2) is 6.29 Å². The van der Waals surface area contributed by atoms with Crippen LogP contribution in [0.4, 0.5) is 0 Å². The number of hydrogen-bond acceptors (Lipinski definition) is 4. The highest BCUT2D eigenvalue weighted by atomic mass is 16.4. The third-order valence-electron chi connectivity index (χ3n) is 3.48. The number of carbonyl (C=O) groups is 4. The molecule has 1 aliphatic rings. The van der Waals surface area contributed by atoms with Crippen molar-refractivity contribution in [3.8, 4) is 0 Å². The van der Waals surface area contributed by atoms with Gasteiger partial charge in [0.1, 0.15) is 0 Å². The molecule has 0 radical (unpaired) electrons. The maximum atomic E-state index is 12.4. The van der Waals surface area contributed by atoms with Gasteiger partial charge in [0, 0.05) is 0 Å². The van der Waals surface area contributed by atoms with Crippen LogP contribution in [0.3, 0.4) is 0 Å². The summed E-state index contributed by atoms with van der Waals surface area (Å²) in [4.78, 5) is 48.5. The van der Waals surface area contributed by atoms with Crippen molar-refractivity contribution in [1.29, 1.82) is 0 Å². The molecule has 1 heterocycles. The van der Waals surface area contributed by atoms with Gasteiger partial charge in [0.2, 0.25) is 5.54 Å². The third-order valence-corrected chi connectivity index (χ3v) is 3.48. The molecule has 0 fully saturated rings. The van der Waals surface area contributed by atoms with Crippen LogP contribution in [0.25, 0.3) is 0 Å². The summed E-state index contributed by atoms with van der Waals surface area (Å²) in [5.41, 5.74) is -1.92. The van der Waals surface area contributed by atoms with Gasteiger partial charge in [-0.05, 0) is 24.5 Å². The minimum Gasteiger partial charge on any atom is -0.479 e. The number of rotatable bonds is 5. The van der Waals surface area contributed by atoms with E-state index in [1.54, 1.807) is 26.0 Å². The summed E-state index contributed by atoms with van der Waals surface area (Å²) in [5, 5.41) is 9.47. The number of imide groups is 1. The van der Waals surface area contributed by atoms with Crippen molar-refractivity contribution in [1.82, 2.24) is 4.90 Å². The van der Waals surface area contributed by atoms with Crippen molar-refractivity contribution in [3.63, 3.8) is 0 Å². The quantitative estimate of drug-likeness (QED) is 0.502. The first-order valence-electron chi connectivity index (χ1n) is 6.53. The van der Waals surface area contributed by atoms with Gasteiger partial charge in [0.05, 0.1) is 11.1 Å². The van der Waals surface area contributed by atoms with Gasteiger partial charge >= 0.3 is 5.97 Å². The highest BCUT2D eigenvalue weighted by Gasteiger charge is 2.54. The topological polar surface area (TPSA) is 91.8 Å². The molecule has 0 bridgehead atoms. The Morgan fingerprint density at radius 3 is 2.05 bits per heavy atom. The summed E-state index contributed by atoms with van der Waals surface area (Å²) in [6.45, 7) is 3.44. The standard InChI is InChI=1S/C15H15NO5/c1-9(2)7-15(8-17,14(20)21)16-12(18)10-5-3-4-6-11(10)13(16)19/h3-6,8-9H,7H2,1-2H3,(H,20,21). The molecule has 0 spiro atoms. The van der Waals surface area contributed by atoms with E-state index in [0.717, 1.165) is 0 Å². The Bertz CT molecular complexity index is 602. The van der Waals surface area contributed by atoms with Crippen LogP contribution in [0.5, 0.6) is 0 Å². The average Bonchev–Trinajstić information content (AvgIpc) is 2.69. The molecule has 2 amide bonds. The maximum Gasteiger partial charge on any atom is 0.337 e. The fourth-order valence-electron chi connectivity index (χ4n) is 2.60. The summed E-state index contributed by atoms with van der Waals surface area (Å²) in [6.07, 6.45) is 0.0499. The molecule has 6 nitrogen and oxygen atoms in total. The van der Waals surface area contributed by atoms with Crippen LogP contribution >= 0.6 is 0 Å². The van der Waals surface area contributed by atoms with Gasteiger partial charge in [0.25, 0.3) is 11.8 Å². The SMILES string of the molecule is CC(C)CC(C=O)(C(=O)O)N1C(=O)c2ccccc2C1=O. The van der Waals surface area contributed by atoms with E-state index in [-0.39, 0.29) is 29.8 Å². The second kappa shape index (κ2) is 5.12. The molecule has 1 N–H and O–H groups in total. The van der Waals surface area contributed by atoms with Crippen molar-refractivity contribution in [2.75, 3.05) is 0 Å². The number of carboxylic acids is 1. The molecule has 6 heteroatoms. The van der Waals surface area contributed by atoms with E-state index in [1.807, 2.05) is 0 Å². The van der Waals surface area contributed by atoms with Crippen LogP contribution < -0.4 is 0 Å². The number of carboxylic acid groups (broad SMARTS) is 1. The molecular weight excluding hydrogens is 274 g/mol. The minimum absolute atomic E-state index is 0.124. The summed E-state index contributed by atoms with van der Waals surface area (Å²) >= 11 is 0. The van der Waals surface area contributed by atoms with E-state index in [2.05, 4.69) is 0 Å². The highest BCUT2D eigenvalue weighted by Crippen LogP contribution is 2.32. The molecule has 1 aromatic carbocycles. The van der Waals surface area contributed by atoms with E-state index < -0.39 is 23.3 Å². The van der Waals surface area contributed by atoms with Crippen LogP contribution in [0.1, 0.15) is 41.0 Å². The lowest BCUT2D eigenvalue weighted by Crippen LogP contribution is -2.59. The fraction of sp³-hybridized carbons (Fsp3) is 0.333. The van der Waals surface area contributed by atoms with Crippen LogP contribution in [-0.2, 0) is 9.59 Å². The second-order valence-electron chi connectivity index (χ2n) is 5.44. The minimum atomic E-state index is -2.17. The Hall–Kier alpha value is -2.50. The molecular formula is C15H15NO5. The van der Waals surface area contributed by atoms with Gasteiger partial charge in [-0.1, -0.05) is 26.0 Å². The predicted octanol–water partition coefficient (Wildman–Crippen LogP) is 1.35. The molecule has 0 saturated carbocycles. The first-order valence-corrected chi connectivity index (χ1v) is 6.53. The zero-order valence-electron chi connectivity index (χ0n) is 11.7. The van der Waals surface area contributed by atoms with E-state index in [4.69, 9.17) is 0 Å². The number of carbonyl (C=O) groups excluding carboxylic acids is 3. The lowest BCUT2D eigenvalue weighted by atomic mass is 9.88. The van der Waals surface area contributed by atoms with Crippen LogP contribution in [-0.4, -0.2) is 39.6 Å². The Morgan fingerprint density at radius 2 is 1.71 bits per heavy atom. The summed E-state index contributed by atoms with van der Waals surface area (Å²) in [5.74, 6) is -3.17. The summed E-state index contributed by atoms with van der Waals surface area (Å²) < 4.78 is 0. The molecule has 1 aliphatic heterocycles. The number of hydrogen-bond donors (Lipinski definition) is 1. The van der Waals surface area contributed by atoms with Crippen LogP contribution in [0, 0.1) is 5.92 Å². The first-order chi connectivity index (χ1) is 9.85. The molecule has 0 saturated heterocycles. The van der Waals surface area contributed by atoms with Gasteiger partial charge in [-0.2, -0.15) is 0 Å². The smallest absolute Gasteiger partial charge is 0.337 e. The van der Waals surface area contributed by atoms with Gasteiger partial charge in [-0.25, -0.2) is 4.79 Å². The number of fused-ring (bicyclic) bond motifs is 1. The fourth-order valence-corrected chi connectivity index (χ4v) is 2.60. The molecule has 21 heavy (non-hydrogen) atoms. The zero-order valence-corrected chi connectivity index (χ0v) is 11.7. The van der Waals surface area contributed by atoms with Gasteiger partial charge in [-0.3, -0.25) is 14.5 Å². The monoisotopic (exact) mass is 289 g/mol. The number of benzene rings is 1. The second-order valence-corrected chi connectivity index (χ2v) is 5.44. The van der Waals surface area contributed by atoms with Crippen LogP contribution in [0.2, 0.25) is 0 Å². The lowest BCUT2D eigenvalue weighted by molar-refractivity contribution is -0.151. The molecule has 1 atom stereocenters. The molecule has 1 unspecified atom stereocenters. The molecule has 0 aliphatic carbocycles. The van der Waals surface area contributed by atoms with Crippen molar-refractivity contribution >= 4 is 24.1 Å².